The first kappa shape index (κ1) is 35.0. The average Bonchev–Trinajstić information content (AvgIpc) is 3.50. The Bertz CT molecular complexity index is 1600. The van der Waals surface area contributed by atoms with Crippen LogP contribution < -0.4 is 10.1 Å². The number of aryl methyl sites for hydroxylation is 1. The number of halogens is 1. The van der Waals surface area contributed by atoms with Crippen molar-refractivity contribution in [1.82, 2.24) is 15.2 Å². The topological polar surface area (TPSA) is 195 Å². The SMILES string of the molecule is BOC(=O)/C(=C\BOC=O)O/N=C(\C(=O)N[C@@H]1C(=O)N2C(C(=O)OCc3ccc(OC)cc3)=C(CI)C[S+]([O-])[C@H]12)c1csc(C)n1. The number of hydrogen-bond donors (Lipinski definition) is 1. The number of thiazole rings is 1. The van der Waals surface area contributed by atoms with Gasteiger partial charge in [0.1, 0.15) is 29.5 Å². The van der Waals surface area contributed by atoms with E-state index in [4.69, 9.17) is 14.3 Å². The fraction of sp³-hybridized carbons (Fsp3) is 0.269. The highest BCUT2D eigenvalue weighted by atomic mass is 127. The van der Waals surface area contributed by atoms with Gasteiger partial charge in [0.2, 0.25) is 11.1 Å². The molecule has 1 saturated heterocycles. The highest BCUT2D eigenvalue weighted by molar-refractivity contribution is 14.1. The number of rotatable bonds is 14. The Morgan fingerprint density at radius 3 is 2.67 bits per heavy atom. The van der Waals surface area contributed by atoms with Crippen molar-refractivity contribution in [1.29, 1.82) is 0 Å². The molecule has 2 amide bonds. The van der Waals surface area contributed by atoms with Crippen molar-refractivity contribution < 1.29 is 52.1 Å². The number of aromatic nitrogens is 1. The molecular formula is C26H25B2IN4O11S2. The molecular weight excluding hydrogens is 757 g/mol. The van der Waals surface area contributed by atoms with Crippen LogP contribution in [0.4, 0.5) is 0 Å². The third-order valence-electron chi connectivity index (χ3n) is 6.51. The van der Waals surface area contributed by atoms with Crippen LogP contribution in [0, 0.1) is 6.92 Å². The minimum Gasteiger partial charge on any atom is -0.614 e. The van der Waals surface area contributed by atoms with E-state index in [2.05, 4.69) is 24.8 Å². The molecule has 0 saturated carbocycles. The van der Waals surface area contributed by atoms with Crippen LogP contribution in [0.1, 0.15) is 16.3 Å². The molecule has 0 bridgehead atoms. The summed E-state index contributed by atoms with van der Waals surface area (Å²) in [7, 11) is 2.27. The number of benzene rings is 1. The minimum absolute atomic E-state index is 0.0117. The summed E-state index contributed by atoms with van der Waals surface area (Å²) in [5.41, 5.74) is 0.806. The Balaban J connectivity index is 1.54. The lowest BCUT2D eigenvalue weighted by Crippen LogP contribution is -2.75. The Kier molecular flexibility index (Phi) is 12.2. The molecule has 1 fully saturated rings. The van der Waals surface area contributed by atoms with Crippen LogP contribution in [0.2, 0.25) is 0 Å². The smallest absolute Gasteiger partial charge is 0.374 e. The molecule has 1 aromatic carbocycles. The van der Waals surface area contributed by atoms with Crippen molar-refractivity contribution in [2.24, 2.45) is 5.16 Å². The molecule has 1 unspecified atom stereocenters. The van der Waals surface area contributed by atoms with Crippen LogP contribution in [-0.4, -0.2) is 94.6 Å². The van der Waals surface area contributed by atoms with Gasteiger partial charge in [-0.2, -0.15) is 0 Å². The van der Waals surface area contributed by atoms with Gasteiger partial charge in [-0.3, -0.25) is 19.3 Å². The number of oxime groups is 1. The van der Waals surface area contributed by atoms with Gasteiger partial charge in [0.15, 0.2) is 11.8 Å². The molecule has 3 atom stereocenters. The normalized spacial score (nSPS) is 19.3. The quantitative estimate of drug-likeness (QED) is 0.0210. The zero-order valence-corrected chi connectivity index (χ0v) is 28.3. The second-order valence-corrected chi connectivity index (χ2v) is 12.7. The first-order valence-electron chi connectivity index (χ1n) is 13.2. The Labute approximate surface area is 284 Å². The van der Waals surface area contributed by atoms with Crippen molar-refractivity contribution in [2.45, 2.75) is 24.9 Å². The van der Waals surface area contributed by atoms with Crippen molar-refractivity contribution in [3.05, 3.63) is 68.9 Å². The van der Waals surface area contributed by atoms with E-state index in [0.717, 1.165) is 18.9 Å². The number of carbonyl (C=O) groups is 5. The first-order valence-corrected chi connectivity index (χ1v) is 17.0. The largest absolute Gasteiger partial charge is 0.614 e. The Morgan fingerprint density at radius 2 is 2.07 bits per heavy atom. The lowest BCUT2D eigenvalue weighted by atomic mass is 10.0. The molecule has 0 aliphatic carbocycles. The summed E-state index contributed by atoms with van der Waals surface area (Å²) in [6.07, 6.45) is 0. The third kappa shape index (κ3) is 7.91. The molecule has 46 heavy (non-hydrogen) atoms. The van der Waals surface area contributed by atoms with E-state index in [0.29, 0.717) is 26.3 Å². The monoisotopic (exact) mass is 782 g/mol. The van der Waals surface area contributed by atoms with E-state index in [1.807, 2.05) is 22.6 Å². The van der Waals surface area contributed by atoms with E-state index in [9.17, 15) is 28.5 Å². The maximum atomic E-state index is 13.5. The Hall–Kier alpha value is -3.88. The number of nitrogens with one attached hydrogen (secondary N) is 1. The van der Waals surface area contributed by atoms with Crippen LogP contribution >= 0.6 is 33.9 Å². The molecule has 0 spiro atoms. The number of hydrogen-bond acceptors (Lipinski definition) is 14. The molecule has 1 N–H and O–H groups in total. The summed E-state index contributed by atoms with van der Waals surface area (Å²) < 4.78 is 33.4. The predicted octanol–water partition coefficient (Wildman–Crippen LogP) is -0.514. The molecule has 1 aromatic heterocycles. The van der Waals surface area contributed by atoms with Crippen molar-refractivity contribution in [2.75, 3.05) is 17.3 Å². The maximum Gasteiger partial charge on any atom is 0.374 e. The summed E-state index contributed by atoms with van der Waals surface area (Å²) in [6, 6.07) is 5.61. The van der Waals surface area contributed by atoms with E-state index in [1.165, 1.54) is 23.8 Å². The van der Waals surface area contributed by atoms with Crippen LogP contribution in [-0.2, 0) is 60.6 Å². The summed E-state index contributed by atoms with van der Waals surface area (Å²) >= 11 is 1.54. The molecule has 15 nitrogen and oxygen atoms in total. The number of fused-ring (bicyclic) bond motifs is 1. The summed E-state index contributed by atoms with van der Waals surface area (Å²) in [4.78, 5) is 73.3. The fourth-order valence-corrected chi connectivity index (χ4v) is 7.57. The number of methoxy groups -OCH3 is 1. The minimum atomic E-state index is -1.67. The lowest BCUT2D eigenvalue weighted by molar-refractivity contribution is -0.153. The molecule has 4 rings (SSSR count). The maximum absolute atomic E-state index is 13.5. The molecule has 2 aliphatic rings. The van der Waals surface area contributed by atoms with Gasteiger partial charge in [-0.05, 0) is 41.8 Å². The lowest BCUT2D eigenvalue weighted by Gasteiger charge is -2.49. The van der Waals surface area contributed by atoms with Crippen LogP contribution in [0.5, 0.6) is 5.75 Å². The Morgan fingerprint density at radius 1 is 1.33 bits per heavy atom. The van der Waals surface area contributed by atoms with Crippen molar-refractivity contribution >= 4 is 96.6 Å². The van der Waals surface area contributed by atoms with Crippen LogP contribution in [0.3, 0.4) is 0 Å². The molecule has 0 radical (unpaired) electrons. The zero-order valence-electron chi connectivity index (χ0n) is 24.6. The highest BCUT2D eigenvalue weighted by Crippen LogP contribution is 2.38. The number of ether oxygens (including phenoxy) is 2. The van der Waals surface area contributed by atoms with Crippen LogP contribution in [0.15, 0.2) is 57.8 Å². The second-order valence-electron chi connectivity index (χ2n) is 9.36. The first-order chi connectivity index (χ1) is 22.1. The van der Waals surface area contributed by atoms with E-state index in [-0.39, 0.29) is 37.7 Å². The highest BCUT2D eigenvalue weighted by Gasteiger charge is 2.61. The molecule has 240 valence electrons. The summed E-state index contributed by atoms with van der Waals surface area (Å²) in [5.74, 6) is -2.15. The van der Waals surface area contributed by atoms with Gasteiger partial charge in [-0.15, -0.1) is 11.3 Å². The number of carbonyl (C=O) groups excluding carboxylic acids is 5. The van der Waals surface area contributed by atoms with Gasteiger partial charge in [-0.25, -0.2) is 14.6 Å². The number of nitrogens with zero attached hydrogens (tertiary/aromatic N) is 3. The van der Waals surface area contributed by atoms with Gasteiger partial charge >= 0.3 is 27.5 Å². The van der Waals surface area contributed by atoms with Crippen LogP contribution in [0.25, 0.3) is 0 Å². The van der Waals surface area contributed by atoms with E-state index in [1.54, 1.807) is 31.2 Å². The fourth-order valence-electron chi connectivity index (χ4n) is 4.29. The van der Waals surface area contributed by atoms with Crippen molar-refractivity contribution in [3.63, 3.8) is 0 Å². The molecule has 3 heterocycles. The number of β-lactam (4-membered cyclic amide) rings is 1. The van der Waals surface area contributed by atoms with Gasteiger partial charge in [0, 0.05) is 15.4 Å². The molecule has 20 heteroatoms. The second kappa shape index (κ2) is 16.1. The number of alkyl halides is 1. The van der Waals surface area contributed by atoms with Crippen molar-refractivity contribution in [3.8, 4) is 5.75 Å². The molecule has 2 aromatic rings. The average molecular weight is 782 g/mol. The van der Waals surface area contributed by atoms with Gasteiger partial charge < -0.3 is 33.5 Å². The predicted molar refractivity (Wildman–Crippen MR) is 176 cm³/mol. The van der Waals surface area contributed by atoms with Gasteiger partial charge in [0.25, 0.3) is 18.3 Å². The zero-order chi connectivity index (χ0) is 33.4. The number of esters is 1. The third-order valence-corrected chi connectivity index (χ3v) is 9.86. The molecule has 2 aliphatic heterocycles. The number of amides is 2. The summed E-state index contributed by atoms with van der Waals surface area (Å²) in [5, 5.41) is 7.34. The van der Waals surface area contributed by atoms with Gasteiger partial charge in [0.05, 0.1) is 12.1 Å². The standard InChI is InChI=1S/C26H25B2IN4O11S2/c1-13-30-17(10-45-13)19(32-44-18(25(37)43-27)7-28-42-12-34)22(35)31-20-23(36)33-21(15(8-29)11-46(39)24(20)33)26(38)41-9-14-3-5-16(40-2)6-4-14/h3-7,10,12,20,24,28H,8-9,11,27H2,1-2H3,(H,31,35)/b18-7+,32-19-/t20-,24-,46?/m1/s1. The van der Waals surface area contributed by atoms with E-state index < -0.39 is 57.8 Å². The van der Waals surface area contributed by atoms with Gasteiger partial charge in [-0.1, -0.05) is 39.9 Å². The van der Waals surface area contributed by atoms with E-state index >= 15 is 0 Å². The summed E-state index contributed by atoms with van der Waals surface area (Å²) in [6.45, 7) is 1.77.